The Morgan fingerprint density at radius 1 is 0.452 bits per heavy atom. The molecule has 10 aromatic rings. The first-order valence-corrected chi connectivity index (χ1v) is 33.9. The Labute approximate surface area is 548 Å². The van der Waals surface area contributed by atoms with Crippen LogP contribution in [0.4, 0.5) is 4.39 Å². The molecule has 7 aromatic carbocycles. The molecule has 3 aromatic heterocycles. The smallest absolute Gasteiger partial charge is 0.213 e. The van der Waals surface area contributed by atoms with Crippen molar-refractivity contribution < 1.29 is 18.3 Å². The normalized spacial score (nSPS) is 22.5. The van der Waals surface area contributed by atoms with Gasteiger partial charge in [0.2, 0.25) is 5.95 Å². The largest absolute Gasteiger partial charge is 0.479 e. The van der Waals surface area contributed by atoms with Crippen LogP contribution in [0.15, 0.2) is 218 Å². The minimum atomic E-state index is -0.438. The van der Waals surface area contributed by atoms with Crippen molar-refractivity contribution in [2.45, 2.75) is 127 Å². The number of halogens is 1. The lowest BCUT2D eigenvalue weighted by atomic mass is 9.76. The minimum Gasteiger partial charge on any atom is -0.479 e. The Morgan fingerprint density at radius 2 is 0.957 bits per heavy atom. The molecule has 4 atom stereocenters. The molecule has 93 heavy (non-hydrogen) atoms. The SMILES string of the molecule is CC1=NC[C@@]2(CCc3c(cccc3-c3cc4ccccc4o3)C2)N1.CC1=NC[C@@]2(CCc3c(cccc3-c3cccs3)C2)N1.CC1=N[C@]2(CCc3c(cccc3-c3ccc(-c4ccccc4)cc3)C2)CO1.CC1=N[C@]2(CCc3c(cccc3-c3ccnc(F)c3)C2)CO1. The van der Waals surface area contributed by atoms with Crippen molar-refractivity contribution in [3.63, 3.8) is 0 Å². The molecule has 4 aliphatic heterocycles. The van der Waals surface area contributed by atoms with Gasteiger partial charge >= 0.3 is 0 Å². The van der Waals surface area contributed by atoms with Gasteiger partial charge in [-0.15, -0.1) is 11.3 Å². The molecule has 12 heteroatoms. The monoisotopic (exact) mass is 1250 g/mol. The summed E-state index contributed by atoms with van der Waals surface area (Å²) >= 11 is 1.83. The number of nitrogens with zero attached hydrogens (tertiary/aromatic N) is 5. The van der Waals surface area contributed by atoms with Crippen LogP contribution in [0.1, 0.15) is 97.9 Å². The molecule has 2 N–H and O–H groups in total. The highest BCUT2D eigenvalue weighted by Gasteiger charge is 2.42. The van der Waals surface area contributed by atoms with E-state index in [0.29, 0.717) is 6.61 Å². The zero-order valence-corrected chi connectivity index (χ0v) is 54.4. The van der Waals surface area contributed by atoms with E-state index in [9.17, 15) is 4.39 Å². The zero-order chi connectivity index (χ0) is 63.2. The number of para-hydroxylation sites is 1. The number of aromatic nitrogens is 1. The highest BCUT2D eigenvalue weighted by atomic mass is 32.1. The second-order valence-electron chi connectivity index (χ2n) is 26.8. The Bertz CT molecular complexity index is 4540. The van der Waals surface area contributed by atoms with E-state index in [1.807, 2.05) is 49.4 Å². The molecule has 4 spiro atoms. The Kier molecular flexibility index (Phi) is 16.1. The van der Waals surface area contributed by atoms with Crippen LogP contribution in [0.5, 0.6) is 0 Å². The minimum absolute atomic E-state index is 0.0348. The number of furan rings is 1. The van der Waals surface area contributed by atoms with Gasteiger partial charge in [0.1, 0.15) is 35.6 Å². The van der Waals surface area contributed by atoms with Gasteiger partial charge in [-0.1, -0.05) is 152 Å². The van der Waals surface area contributed by atoms with Gasteiger partial charge in [-0.05, 0) is 191 Å². The molecule has 18 rings (SSSR count). The van der Waals surface area contributed by atoms with Crippen LogP contribution in [0.25, 0.3) is 66.1 Å². The van der Waals surface area contributed by atoms with E-state index in [2.05, 4.69) is 196 Å². The molecule has 0 unspecified atom stereocenters. The quantitative estimate of drug-likeness (QED) is 0.166. The van der Waals surface area contributed by atoms with Gasteiger partial charge in [-0.25, -0.2) is 15.0 Å². The average Bonchev–Trinajstić information content (AvgIpc) is 1.79. The number of amidine groups is 2. The summed E-state index contributed by atoms with van der Waals surface area (Å²) in [6.07, 6.45) is 14.1. The Hall–Kier alpha value is -9.26. The van der Waals surface area contributed by atoms with E-state index in [-0.39, 0.29) is 22.2 Å². The van der Waals surface area contributed by atoms with Gasteiger partial charge in [0.05, 0.1) is 35.8 Å². The van der Waals surface area contributed by atoms with E-state index < -0.39 is 5.95 Å². The number of nitrogens with one attached hydrogen (secondary N) is 2. The van der Waals surface area contributed by atoms with Crippen LogP contribution in [0, 0.1) is 5.95 Å². The van der Waals surface area contributed by atoms with E-state index in [0.717, 1.165) is 136 Å². The third-order valence-corrected chi connectivity index (χ3v) is 21.3. The first-order chi connectivity index (χ1) is 45.4. The number of pyridine rings is 1. The maximum Gasteiger partial charge on any atom is 0.213 e. The van der Waals surface area contributed by atoms with Crippen molar-refractivity contribution in [1.82, 2.24) is 15.6 Å². The molecule has 10 nitrogen and oxygen atoms in total. The molecule has 8 aliphatic rings. The molecule has 0 radical (unpaired) electrons. The fraction of sp³-hybridized carbons (Fsp3) is 0.296. The highest BCUT2D eigenvalue weighted by molar-refractivity contribution is 7.13. The van der Waals surface area contributed by atoms with Crippen molar-refractivity contribution in [3.05, 3.63) is 244 Å². The molecule has 0 fully saturated rings. The van der Waals surface area contributed by atoms with E-state index in [4.69, 9.17) is 23.9 Å². The zero-order valence-electron chi connectivity index (χ0n) is 53.5. The second kappa shape index (κ2) is 25.0. The molecular weight excluding hydrogens is 1170 g/mol. The van der Waals surface area contributed by atoms with Gasteiger partial charge < -0.3 is 24.5 Å². The van der Waals surface area contributed by atoms with E-state index in [1.54, 1.807) is 5.56 Å². The fourth-order valence-electron chi connectivity index (χ4n) is 15.9. The maximum absolute atomic E-state index is 13.4. The van der Waals surface area contributed by atoms with Crippen LogP contribution in [-0.2, 0) is 60.8 Å². The third-order valence-electron chi connectivity index (χ3n) is 20.4. The van der Waals surface area contributed by atoms with Crippen molar-refractivity contribution in [2.75, 3.05) is 26.3 Å². The molecule has 0 saturated carbocycles. The summed E-state index contributed by atoms with van der Waals surface area (Å²) in [5, 5.41) is 10.6. The van der Waals surface area contributed by atoms with Crippen LogP contribution in [-0.4, -0.2) is 76.9 Å². The third kappa shape index (κ3) is 12.4. The highest BCUT2D eigenvalue weighted by Crippen LogP contribution is 2.44. The van der Waals surface area contributed by atoms with Crippen molar-refractivity contribution in [2.24, 2.45) is 20.0 Å². The number of thiophene rings is 1. The lowest BCUT2D eigenvalue weighted by Gasteiger charge is -2.35. The summed E-state index contributed by atoms with van der Waals surface area (Å²) in [4.78, 5) is 23.7. The van der Waals surface area contributed by atoms with Gasteiger partial charge in [0.25, 0.3) is 0 Å². The van der Waals surface area contributed by atoms with Crippen molar-refractivity contribution in [3.8, 4) is 55.1 Å². The van der Waals surface area contributed by atoms with Crippen molar-refractivity contribution in [1.29, 1.82) is 0 Å². The number of ether oxygens (including phenoxy) is 2. The van der Waals surface area contributed by atoms with Gasteiger partial charge in [0.15, 0.2) is 11.8 Å². The first kappa shape index (κ1) is 60.0. The van der Waals surface area contributed by atoms with Crippen LogP contribution in [0.2, 0.25) is 0 Å². The summed E-state index contributed by atoms with van der Waals surface area (Å²) in [5.41, 5.74) is 22.4. The molecular formula is C81H78FN7O3S. The Morgan fingerprint density at radius 3 is 1.49 bits per heavy atom. The van der Waals surface area contributed by atoms with E-state index in [1.165, 1.54) is 101 Å². The number of aliphatic imine (C=N–C) groups is 4. The standard InChI is InChI=1S/C25H23NO.C21H20N2O.C18H17FN2O.C17H18N2S/c1-18-26-25(17-27-18)15-14-24-22(16-25)8-5-9-23(24)21-12-10-20(11-13-21)19-6-3-2-4-7-19;1-14-22-13-21(23-14)10-9-17-16(12-21)6-4-7-18(17)20-11-15-5-2-3-8-19(15)24-20;1-12-21-18(11-22-12)7-5-16-14(10-18)3-2-4-15(16)13-6-8-20-17(19)9-13;1-12-18-11-17(19-12)8-7-14-13(10-17)4-2-5-15(14)16-6-3-9-20-16/h2-13H,14-17H2,1H3;2-8,11H,9-10,12-13H2,1H3,(H,22,23);2-4,6,8-9H,5,7,10-11H2,1H3;2-6,9H,7-8,10-11H2,1H3,(H,18,19)/t25-;21-;18-;17-/m0000/s1. The molecule has 0 amide bonds. The van der Waals surface area contributed by atoms with Crippen LogP contribution < -0.4 is 10.6 Å². The molecule has 468 valence electrons. The predicted octanol–water partition coefficient (Wildman–Crippen LogP) is 17.3. The second-order valence-corrected chi connectivity index (χ2v) is 27.8. The lowest BCUT2D eigenvalue weighted by Crippen LogP contribution is -2.49. The van der Waals surface area contributed by atoms with Gasteiger partial charge in [-0.2, -0.15) is 4.39 Å². The summed E-state index contributed by atoms with van der Waals surface area (Å²) < 4.78 is 30.8. The molecule has 0 saturated heterocycles. The maximum atomic E-state index is 13.4. The number of hydrogen-bond acceptors (Lipinski definition) is 11. The summed E-state index contributed by atoms with van der Waals surface area (Å²) in [6, 6.07) is 64.0. The van der Waals surface area contributed by atoms with Crippen LogP contribution >= 0.6 is 11.3 Å². The number of rotatable bonds is 5. The average molecular weight is 1250 g/mol. The molecule has 7 heterocycles. The summed E-state index contributed by atoms with van der Waals surface area (Å²) in [5.74, 6) is 4.35. The van der Waals surface area contributed by atoms with Gasteiger partial charge in [-0.3, -0.25) is 9.98 Å². The fourth-order valence-corrected chi connectivity index (χ4v) is 16.6. The summed E-state index contributed by atoms with van der Waals surface area (Å²) in [6.45, 7) is 11.3. The molecule has 0 bridgehead atoms. The van der Waals surface area contributed by atoms with Gasteiger partial charge in [0, 0.05) is 54.8 Å². The van der Waals surface area contributed by atoms with Crippen LogP contribution in [0.3, 0.4) is 0 Å². The summed E-state index contributed by atoms with van der Waals surface area (Å²) in [7, 11) is 0. The topological polar surface area (TPSA) is 118 Å². The number of fused-ring (bicyclic) bond motifs is 5. The number of benzene rings is 7. The Balaban J connectivity index is 0.000000103. The predicted molar refractivity (Wildman–Crippen MR) is 378 cm³/mol. The van der Waals surface area contributed by atoms with Crippen molar-refractivity contribution >= 4 is 45.8 Å². The number of hydrogen-bond donors (Lipinski definition) is 2. The lowest BCUT2D eigenvalue weighted by molar-refractivity contribution is 0.236. The van der Waals surface area contributed by atoms with E-state index >= 15 is 0 Å². The first-order valence-electron chi connectivity index (χ1n) is 33.1. The molecule has 4 aliphatic carbocycles.